The molecule has 5 heteroatoms. The Hall–Kier alpha value is -2.43. The molecule has 0 amide bonds. The fourth-order valence-electron chi connectivity index (χ4n) is 5.76. The van der Waals surface area contributed by atoms with Gasteiger partial charge in [-0.05, 0) is 118 Å². The second kappa shape index (κ2) is 12.0. The minimum absolute atomic E-state index is 0.0152. The maximum absolute atomic E-state index is 14.6. The molecule has 0 aromatic heterocycles. The SMILES string of the molecule is CCOc1ccc(C2CCC(COc3ccc(C4CCC(/C=C(/C)F)CC4)cc3)CC2)c(F)c1F. The van der Waals surface area contributed by atoms with Gasteiger partial charge in [-0.3, -0.25) is 0 Å². The molecule has 2 saturated carbocycles. The quantitative estimate of drug-likeness (QED) is 0.371. The minimum atomic E-state index is -0.877. The summed E-state index contributed by atoms with van der Waals surface area (Å²) in [7, 11) is 0. The van der Waals surface area contributed by atoms with Crippen molar-refractivity contribution in [3.63, 3.8) is 0 Å². The predicted molar refractivity (Wildman–Crippen MR) is 134 cm³/mol. The second-order valence-electron chi connectivity index (χ2n) is 10.2. The van der Waals surface area contributed by atoms with Gasteiger partial charge in [0.1, 0.15) is 5.75 Å². The summed E-state index contributed by atoms with van der Waals surface area (Å²) in [5.74, 6) is 0.519. The van der Waals surface area contributed by atoms with Crippen LogP contribution in [0.5, 0.6) is 11.5 Å². The highest BCUT2D eigenvalue weighted by Crippen LogP contribution is 2.40. The molecule has 0 radical (unpaired) electrons. The molecule has 35 heavy (non-hydrogen) atoms. The molecule has 0 bridgehead atoms. The smallest absolute Gasteiger partial charge is 0.200 e. The summed E-state index contributed by atoms with van der Waals surface area (Å²) in [6, 6.07) is 11.7. The molecule has 4 rings (SSSR count). The zero-order valence-electron chi connectivity index (χ0n) is 20.9. The van der Waals surface area contributed by atoms with Crippen LogP contribution >= 0.6 is 0 Å². The molecule has 0 spiro atoms. The Balaban J connectivity index is 1.23. The molecule has 0 unspecified atom stereocenters. The first-order valence-corrected chi connectivity index (χ1v) is 13.1. The van der Waals surface area contributed by atoms with Crippen molar-refractivity contribution >= 4 is 0 Å². The molecule has 0 aliphatic heterocycles. The van der Waals surface area contributed by atoms with Crippen LogP contribution in [0.15, 0.2) is 48.3 Å². The van der Waals surface area contributed by atoms with Crippen molar-refractivity contribution in [2.75, 3.05) is 13.2 Å². The minimum Gasteiger partial charge on any atom is -0.493 e. The molecule has 2 aromatic rings. The molecule has 2 fully saturated rings. The molecule has 0 saturated heterocycles. The molecule has 2 aromatic carbocycles. The van der Waals surface area contributed by atoms with Gasteiger partial charge < -0.3 is 9.47 Å². The van der Waals surface area contributed by atoms with Gasteiger partial charge in [0.15, 0.2) is 11.6 Å². The van der Waals surface area contributed by atoms with Crippen molar-refractivity contribution in [3.05, 3.63) is 71.1 Å². The van der Waals surface area contributed by atoms with E-state index in [1.165, 1.54) is 12.5 Å². The summed E-state index contributed by atoms with van der Waals surface area (Å²) in [5.41, 5.74) is 1.80. The first kappa shape index (κ1) is 25.7. The van der Waals surface area contributed by atoms with E-state index >= 15 is 0 Å². The highest BCUT2D eigenvalue weighted by atomic mass is 19.2. The molecule has 0 atom stereocenters. The lowest BCUT2D eigenvalue weighted by Crippen LogP contribution is -2.20. The number of hydrogen-bond donors (Lipinski definition) is 0. The lowest BCUT2D eigenvalue weighted by molar-refractivity contribution is 0.198. The number of halogens is 3. The van der Waals surface area contributed by atoms with Gasteiger partial charge in [0.25, 0.3) is 0 Å². The Bertz CT molecular complexity index is 981. The molecule has 2 nitrogen and oxygen atoms in total. The van der Waals surface area contributed by atoms with E-state index in [0.29, 0.717) is 36.5 Å². The van der Waals surface area contributed by atoms with E-state index < -0.39 is 11.6 Å². The third-order valence-corrected chi connectivity index (χ3v) is 7.74. The van der Waals surface area contributed by atoms with Crippen LogP contribution in [0.4, 0.5) is 13.2 Å². The maximum atomic E-state index is 14.6. The monoisotopic (exact) mass is 486 g/mol. The fraction of sp³-hybridized carbons (Fsp3) is 0.533. The molecule has 2 aliphatic carbocycles. The van der Waals surface area contributed by atoms with Crippen LogP contribution in [0.2, 0.25) is 0 Å². The highest BCUT2D eigenvalue weighted by molar-refractivity contribution is 5.33. The number of benzene rings is 2. The van der Waals surface area contributed by atoms with Gasteiger partial charge in [0.05, 0.1) is 19.0 Å². The van der Waals surface area contributed by atoms with E-state index in [4.69, 9.17) is 9.47 Å². The van der Waals surface area contributed by atoms with Crippen molar-refractivity contribution in [3.8, 4) is 11.5 Å². The Kier molecular flexibility index (Phi) is 8.80. The fourth-order valence-corrected chi connectivity index (χ4v) is 5.76. The maximum Gasteiger partial charge on any atom is 0.200 e. The van der Waals surface area contributed by atoms with Crippen LogP contribution in [-0.2, 0) is 0 Å². The van der Waals surface area contributed by atoms with E-state index in [-0.39, 0.29) is 17.5 Å². The summed E-state index contributed by atoms with van der Waals surface area (Å²) in [4.78, 5) is 0. The lowest BCUT2D eigenvalue weighted by atomic mass is 9.78. The third kappa shape index (κ3) is 6.62. The topological polar surface area (TPSA) is 18.5 Å². The number of ether oxygens (including phenoxy) is 2. The Labute approximate surface area is 207 Å². The number of rotatable bonds is 8. The molecular formula is C30H37F3O2. The van der Waals surface area contributed by atoms with Crippen LogP contribution in [0, 0.1) is 23.5 Å². The van der Waals surface area contributed by atoms with Crippen LogP contribution < -0.4 is 9.47 Å². The highest BCUT2D eigenvalue weighted by Gasteiger charge is 2.27. The Morgan fingerprint density at radius 1 is 0.829 bits per heavy atom. The van der Waals surface area contributed by atoms with Crippen LogP contribution in [0.25, 0.3) is 0 Å². The summed E-state index contributed by atoms with van der Waals surface area (Å²) in [6.07, 6.45) is 9.58. The lowest BCUT2D eigenvalue weighted by Gasteiger charge is -2.29. The van der Waals surface area contributed by atoms with E-state index in [1.807, 2.05) is 0 Å². The van der Waals surface area contributed by atoms with Gasteiger partial charge in [-0.1, -0.05) is 24.3 Å². The van der Waals surface area contributed by atoms with Gasteiger partial charge in [0.2, 0.25) is 5.82 Å². The van der Waals surface area contributed by atoms with Gasteiger partial charge in [-0.15, -0.1) is 0 Å². The van der Waals surface area contributed by atoms with Gasteiger partial charge in [-0.25, -0.2) is 8.78 Å². The first-order valence-electron chi connectivity index (χ1n) is 13.1. The van der Waals surface area contributed by atoms with Crippen LogP contribution in [-0.4, -0.2) is 13.2 Å². The number of hydrogen-bond acceptors (Lipinski definition) is 2. The van der Waals surface area contributed by atoms with E-state index in [9.17, 15) is 13.2 Å². The van der Waals surface area contributed by atoms with Crippen LogP contribution in [0.1, 0.15) is 88.2 Å². The van der Waals surface area contributed by atoms with Crippen LogP contribution in [0.3, 0.4) is 0 Å². The van der Waals surface area contributed by atoms with E-state index in [1.54, 1.807) is 25.1 Å². The zero-order valence-corrected chi connectivity index (χ0v) is 20.9. The summed E-state index contributed by atoms with van der Waals surface area (Å²) >= 11 is 0. The van der Waals surface area contributed by atoms with E-state index in [2.05, 4.69) is 24.3 Å². The summed E-state index contributed by atoms with van der Waals surface area (Å²) in [5, 5.41) is 0. The average molecular weight is 487 g/mol. The van der Waals surface area contributed by atoms with Crippen molar-refractivity contribution < 1.29 is 22.6 Å². The molecule has 0 heterocycles. The Morgan fingerprint density at radius 2 is 1.49 bits per heavy atom. The van der Waals surface area contributed by atoms with Crippen molar-refractivity contribution in [2.45, 2.75) is 77.0 Å². The normalized spacial score (nSPS) is 25.3. The second-order valence-corrected chi connectivity index (χ2v) is 10.2. The molecule has 190 valence electrons. The standard InChI is InChI=1S/C30H37F3O2/c1-3-34-28-17-16-27(29(32)30(28)33)25-10-6-22(7-11-25)19-35-26-14-12-24(13-15-26)23-8-4-21(5-9-23)18-20(2)31/h12-18,21-23,25H,3-11,19H2,1-2H3/b20-18-. The summed E-state index contributed by atoms with van der Waals surface area (Å²) in [6.45, 7) is 4.24. The first-order chi connectivity index (χ1) is 16.9. The van der Waals surface area contributed by atoms with Crippen molar-refractivity contribution in [1.29, 1.82) is 0 Å². The van der Waals surface area contributed by atoms with Crippen molar-refractivity contribution in [2.24, 2.45) is 11.8 Å². The predicted octanol–water partition coefficient (Wildman–Crippen LogP) is 8.86. The Morgan fingerprint density at radius 3 is 2.11 bits per heavy atom. The van der Waals surface area contributed by atoms with Gasteiger partial charge >= 0.3 is 0 Å². The van der Waals surface area contributed by atoms with E-state index in [0.717, 1.165) is 57.1 Å². The molecule has 2 aliphatic rings. The zero-order chi connectivity index (χ0) is 24.8. The van der Waals surface area contributed by atoms with Gasteiger partial charge in [0, 0.05) is 0 Å². The molecule has 0 N–H and O–H groups in total. The molecular weight excluding hydrogens is 449 g/mol. The largest absolute Gasteiger partial charge is 0.493 e. The average Bonchev–Trinajstić information content (AvgIpc) is 2.87. The van der Waals surface area contributed by atoms with Crippen molar-refractivity contribution in [1.82, 2.24) is 0 Å². The van der Waals surface area contributed by atoms with Gasteiger partial charge in [-0.2, -0.15) is 4.39 Å². The summed E-state index contributed by atoms with van der Waals surface area (Å²) < 4.78 is 53.2. The third-order valence-electron chi connectivity index (χ3n) is 7.74. The number of allylic oxidation sites excluding steroid dienone is 2.